The Morgan fingerprint density at radius 3 is 2.85 bits per heavy atom. The predicted molar refractivity (Wildman–Crippen MR) is 94.5 cm³/mol. The molecule has 0 saturated carbocycles. The van der Waals surface area contributed by atoms with Gasteiger partial charge in [-0.15, -0.1) is 0 Å². The summed E-state index contributed by atoms with van der Waals surface area (Å²) in [4.78, 5) is 37.4. The number of nitrogens with zero attached hydrogens (tertiary/aromatic N) is 1. The molecular weight excluding hydrogens is 338 g/mol. The minimum atomic E-state index is -0.980. The molecule has 1 amide bonds. The number of rotatable bonds is 5. The highest BCUT2D eigenvalue weighted by atomic mass is 16.5. The van der Waals surface area contributed by atoms with Gasteiger partial charge in [-0.05, 0) is 43.9 Å². The van der Waals surface area contributed by atoms with Crippen LogP contribution >= 0.6 is 0 Å². The van der Waals surface area contributed by atoms with Crippen molar-refractivity contribution < 1.29 is 23.8 Å². The van der Waals surface area contributed by atoms with Crippen LogP contribution in [0.2, 0.25) is 0 Å². The van der Waals surface area contributed by atoms with Crippen molar-refractivity contribution in [3.05, 3.63) is 39.7 Å². The van der Waals surface area contributed by atoms with E-state index in [4.69, 9.17) is 9.15 Å². The van der Waals surface area contributed by atoms with E-state index in [0.717, 1.165) is 10.9 Å². The minimum Gasteiger partial charge on any atom is -0.497 e. The molecule has 1 atom stereocenters. The van der Waals surface area contributed by atoms with Crippen LogP contribution in [0.4, 0.5) is 0 Å². The maximum Gasteiger partial charge on any atom is 0.339 e. The lowest BCUT2D eigenvalue weighted by molar-refractivity contribution is -0.148. The Labute approximate surface area is 150 Å². The summed E-state index contributed by atoms with van der Waals surface area (Å²) in [5, 5.41) is 9.99. The number of carboxylic acid groups (broad SMARTS) is 1. The van der Waals surface area contributed by atoms with Gasteiger partial charge in [0.1, 0.15) is 17.4 Å². The number of carboxylic acids is 1. The van der Waals surface area contributed by atoms with E-state index < -0.39 is 17.6 Å². The Morgan fingerprint density at radius 2 is 2.15 bits per heavy atom. The minimum absolute atomic E-state index is 0.0804. The average molecular weight is 359 g/mol. The molecule has 1 fully saturated rings. The van der Waals surface area contributed by atoms with Crippen molar-refractivity contribution in [3.8, 4) is 5.75 Å². The average Bonchev–Trinajstić information content (AvgIpc) is 3.11. The second-order valence-electron chi connectivity index (χ2n) is 6.44. The standard InChI is InChI=1S/C19H21NO6/c1-11-13-6-5-12(25-2)10-16(13)26-19(24)14(11)7-8-17(21)20-9-3-4-15(20)18(22)23/h5-6,10,15H,3-4,7-9H2,1-2H3,(H,22,23). The van der Waals surface area contributed by atoms with Crippen molar-refractivity contribution in [2.45, 2.75) is 38.6 Å². The zero-order chi connectivity index (χ0) is 18.8. The van der Waals surface area contributed by atoms with Crippen LogP contribution in [0, 0.1) is 6.92 Å². The summed E-state index contributed by atoms with van der Waals surface area (Å²) >= 11 is 0. The van der Waals surface area contributed by atoms with Crippen LogP contribution in [0.3, 0.4) is 0 Å². The lowest BCUT2D eigenvalue weighted by Gasteiger charge is -2.21. The highest BCUT2D eigenvalue weighted by molar-refractivity contribution is 5.85. The summed E-state index contributed by atoms with van der Waals surface area (Å²) < 4.78 is 10.5. The highest BCUT2D eigenvalue weighted by Crippen LogP contribution is 2.25. The number of carbonyl (C=O) groups excluding carboxylic acids is 1. The summed E-state index contributed by atoms with van der Waals surface area (Å²) in [6.07, 6.45) is 1.45. The molecule has 1 aliphatic rings. The third-order valence-electron chi connectivity index (χ3n) is 4.94. The van der Waals surface area contributed by atoms with Gasteiger partial charge in [0.05, 0.1) is 7.11 Å². The number of fused-ring (bicyclic) bond motifs is 1. The molecule has 2 aromatic rings. The molecule has 0 bridgehead atoms. The number of hydrogen-bond acceptors (Lipinski definition) is 5. The number of likely N-dealkylation sites (tertiary alicyclic amines) is 1. The van der Waals surface area contributed by atoms with E-state index in [-0.39, 0.29) is 18.7 Å². The predicted octanol–water partition coefficient (Wildman–Crippen LogP) is 2.12. The van der Waals surface area contributed by atoms with Crippen LogP contribution in [0.5, 0.6) is 5.75 Å². The molecule has 1 saturated heterocycles. The second kappa shape index (κ2) is 7.19. The maximum atomic E-state index is 12.4. The number of hydrogen-bond donors (Lipinski definition) is 1. The molecule has 0 radical (unpaired) electrons. The van der Waals surface area contributed by atoms with Crippen molar-refractivity contribution in [2.24, 2.45) is 0 Å². The van der Waals surface area contributed by atoms with Crippen molar-refractivity contribution in [2.75, 3.05) is 13.7 Å². The van der Waals surface area contributed by atoms with Crippen LogP contribution < -0.4 is 10.4 Å². The van der Waals surface area contributed by atoms with E-state index in [1.54, 1.807) is 12.1 Å². The van der Waals surface area contributed by atoms with Gasteiger partial charge in [-0.1, -0.05) is 0 Å². The molecular formula is C19H21NO6. The number of amides is 1. The van der Waals surface area contributed by atoms with Crippen LogP contribution in [0.15, 0.2) is 27.4 Å². The summed E-state index contributed by atoms with van der Waals surface area (Å²) in [7, 11) is 1.54. The van der Waals surface area contributed by atoms with Gasteiger partial charge in [-0.3, -0.25) is 4.79 Å². The molecule has 1 unspecified atom stereocenters. The molecule has 1 N–H and O–H groups in total. The van der Waals surface area contributed by atoms with Gasteiger partial charge in [-0.2, -0.15) is 0 Å². The third-order valence-corrected chi connectivity index (χ3v) is 4.94. The monoisotopic (exact) mass is 359 g/mol. The fourth-order valence-electron chi connectivity index (χ4n) is 3.49. The zero-order valence-corrected chi connectivity index (χ0v) is 14.8. The van der Waals surface area contributed by atoms with Gasteiger partial charge in [0.25, 0.3) is 0 Å². The van der Waals surface area contributed by atoms with Crippen molar-refractivity contribution in [3.63, 3.8) is 0 Å². The van der Waals surface area contributed by atoms with E-state index in [0.29, 0.717) is 36.3 Å². The maximum absolute atomic E-state index is 12.4. The smallest absolute Gasteiger partial charge is 0.339 e. The van der Waals surface area contributed by atoms with Gasteiger partial charge >= 0.3 is 11.6 Å². The summed E-state index contributed by atoms with van der Waals surface area (Å²) in [6, 6.07) is 4.49. The molecule has 1 aromatic heterocycles. The molecule has 26 heavy (non-hydrogen) atoms. The quantitative estimate of drug-likeness (QED) is 0.822. The Balaban J connectivity index is 1.82. The molecule has 3 rings (SSSR count). The van der Waals surface area contributed by atoms with Crippen molar-refractivity contribution >= 4 is 22.8 Å². The van der Waals surface area contributed by atoms with Gasteiger partial charge in [0.15, 0.2) is 0 Å². The zero-order valence-electron chi connectivity index (χ0n) is 14.8. The number of carbonyl (C=O) groups is 2. The van der Waals surface area contributed by atoms with Gasteiger partial charge < -0.3 is 19.2 Å². The Kier molecular flexibility index (Phi) is 4.97. The number of aryl methyl sites for hydroxylation is 1. The molecule has 7 heteroatoms. The van der Waals surface area contributed by atoms with E-state index in [1.807, 2.05) is 13.0 Å². The normalized spacial score (nSPS) is 16.8. The Hall–Kier alpha value is -2.83. The molecule has 1 aliphatic heterocycles. The van der Waals surface area contributed by atoms with Crippen LogP contribution in [0.1, 0.15) is 30.4 Å². The summed E-state index contributed by atoms with van der Waals surface area (Å²) in [5.41, 5.74) is 1.17. The van der Waals surface area contributed by atoms with Crippen LogP contribution in [-0.4, -0.2) is 41.6 Å². The van der Waals surface area contributed by atoms with Crippen LogP contribution in [0.25, 0.3) is 11.0 Å². The molecule has 1 aromatic carbocycles. The van der Waals surface area contributed by atoms with Gasteiger partial charge in [0.2, 0.25) is 5.91 Å². The van der Waals surface area contributed by atoms with Gasteiger partial charge in [0, 0.05) is 30.0 Å². The highest BCUT2D eigenvalue weighted by Gasteiger charge is 2.33. The fourth-order valence-corrected chi connectivity index (χ4v) is 3.49. The first-order chi connectivity index (χ1) is 12.4. The number of aliphatic carboxylic acids is 1. The molecule has 7 nitrogen and oxygen atoms in total. The SMILES string of the molecule is COc1ccc2c(C)c(CCC(=O)N3CCCC3C(=O)O)c(=O)oc2c1. The number of methoxy groups -OCH3 is 1. The first kappa shape index (κ1) is 18.0. The van der Waals surface area contributed by atoms with E-state index >= 15 is 0 Å². The topological polar surface area (TPSA) is 97.0 Å². The Bertz CT molecular complexity index is 916. The molecule has 0 spiro atoms. The van der Waals surface area contributed by atoms with Gasteiger partial charge in [-0.25, -0.2) is 9.59 Å². The first-order valence-corrected chi connectivity index (χ1v) is 8.55. The molecule has 2 heterocycles. The van der Waals surface area contributed by atoms with E-state index in [2.05, 4.69) is 0 Å². The van der Waals surface area contributed by atoms with Crippen LogP contribution in [-0.2, 0) is 16.0 Å². The first-order valence-electron chi connectivity index (χ1n) is 8.55. The van der Waals surface area contributed by atoms with E-state index in [9.17, 15) is 19.5 Å². The molecule has 138 valence electrons. The summed E-state index contributed by atoms with van der Waals surface area (Å²) in [5.74, 6) is -0.633. The number of benzene rings is 1. The third kappa shape index (κ3) is 3.29. The number of ether oxygens (including phenoxy) is 1. The Morgan fingerprint density at radius 1 is 1.38 bits per heavy atom. The fraction of sp³-hybridized carbons (Fsp3) is 0.421. The van der Waals surface area contributed by atoms with Crippen molar-refractivity contribution in [1.82, 2.24) is 4.90 Å². The van der Waals surface area contributed by atoms with Crippen molar-refractivity contribution in [1.29, 1.82) is 0 Å². The largest absolute Gasteiger partial charge is 0.497 e. The summed E-state index contributed by atoms with van der Waals surface area (Å²) in [6.45, 7) is 2.27. The second-order valence-corrected chi connectivity index (χ2v) is 6.44. The lowest BCUT2D eigenvalue weighted by Crippen LogP contribution is -2.40. The lowest BCUT2D eigenvalue weighted by atomic mass is 10.0. The van der Waals surface area contributed by atoms with E-state index in [1.165, 1.54) is 12.0 Å². The molecule has 0 aliphatic carbocycles.